The van der Waals surface area contributed by atoms with E-state index in [2.05, 4.69) is 15.2 Å². The summed E-state index contributed by atoms with van der Waals surface area (Å²) in [6.07, 6.45) is -1.26. The smallest absolute Gasteiger partial charge is 0.406 e. The van der Waals surface area contributed by atoms with Crippen molar-refractivity contribution in [1.82, 2.24) is 14.5 Å². The second kappa shape index (κ2) is 6.95. The normalized spacial score (nSPS) is 11.4. The maximum Gasteiger partial charge on any atom is 0.573 e. The number of amides is 2. The molecule has 0 fully saturated rings. The third-order valence-corrected chi connectivity index (χ3v) is 3.57. The number of nitrogens with zero attached hydrogens (tertiary/aromatic N) is 3. The third kappa shape index (κ3) is 4.44. The number of carbonyl (C=O) groups is 1. The van der Waals surface area contributed by atoms with Crippen LogP contribution in [0.4, 0.5) is 23.7 Å². The highest BCUT2D eigenvalue weighted by molar-refractivity contribution is 5.89. The quantitative estimate of drug-likeness (QED) is 0.764. The first kappa shape index (κ1) is 17.6. The molecule has 1 aromatic carbocycles. The van der Waals surface area contributed by atoms with E-state index in [0.717, 1.165) is 23.2 Å². The summed E-state index contributed by atoms with van der Waals surface area (Å²) in [5.41, 5.74) is 2.20. The van der Waals surface area contributed by atoms with E-state index in [0.29, 0.717) is 12.2 Å². The van der Waals surface area contributed by atoms with E-state index in [-0.39, 0.29) is 11.8 Å². The first-order valence-electron chi connectivity index (χ1n) is 7.60. The Hall–Kier alpha value is -3.23. The van der Waals surface area contributed by atoms with Gasteiger partial charge in [0.05, 0.1) is 5.52 Å². The molecule has 0 aliphatic carbocycles. The second-order valence-corrected chi connectivity index (χ2v) is 5.59. The highest BCUT2D eigenvalue weighted by atomic mass is 19.4. The van der Waals surface area contributed by atoms with Gasteiger partial charge >= 0.3 is 12.4 Å². The van der Waals surface area contributed by atoms with Crippen LogP contribution in [0.25, 0.3) is 5.52 Å². The number of nitrogens with one attached hydrogen (secondary N) is 1. The van der Waals surface area contributed by atoms with Crippen LogP contribution in [0.15, 0.2) is 54.9 Å². The van der Waals surface area contributed by atoms with E-state index in [9.17, 15) is 18.0 Å². The number of hydrogen-bond donors (Lipinski definition) is 1. The van der Waals surface area contributed by atoms with Gasteiger partial charge in [-0.2, -0.15) is 5.10 Å². The maximum atomic E-state index is 12.2. The molecule has 3 aromatic rings. The van der Waals surface area contributed by atoms with Crippen LogP contribution < -0.4 is 10.1 Å². The summed E-state index contributed by atoms with van der Waals surface area (Å²) in [5.74, 6) is -0.349. The Bertz CT molecular complexity index is 906. The van der Waals surface area contributed by atoms with Gasteiger partial charge in [0.25, 0.3) is 0 Å². The topological polar surface area (TPSA) is 58.9 Å². The molecule has 136 valence electrons. The second-order valence-electron chi connectivity index (χ2n) is 5.59. The van der Waals surface area contributed by atoms with Crippen LogP contribution in [0.2, 0.25) is 0 Å². The lowest BCUT2D eigenvalue weighted by atomic mass is 10.2. The van der Waals surface area contributed by atoms with Crippen LogP contribution in [0, 0.1) is 0 Å². The molecule has 9 heteroatoms. The Morgan fingerprint density at radius 2 is 1.96 bits per heavy atom. The van der Waals surface area contributed by atoms with Gasteiger partial charge in [0.2, 0.25) is 0 Å². The molecule has 0 unspecified atom stereocenters. The first-order valence-corrected chi connectivity index (χ1v) is 7.60. The molecule has 0 aliphatic heterocycles. The van der Waals surface area contributed by atoms with E-state index in [1.165, 1.54) is 17.0 Å². The van der Waals surface area contributed by atoms with Crippen molar-refractivity contribution >= 4 is 17.2 Å². The number of hydrogen-bond acceptors (Lipinski definition) is 3. The zero-order valence-corrected chi connectivity index (χ0v) is 13.7. The van der Waals surface area contributed by atoms with Gasteiger partial charge in [-0.1, -0.05) is 0 Å². The van der Waals surface area contributed by atoms with E-state index >= 15 is 0 Å². The molecule has 2 heterocycles. The minimum atomic E-state index is -4.75. The van der Waals surface area contributed by atoms with Gasteiger partial charge in [-0.05, 0) is 48.0 Å². The van der Waals surface area contributed by atoms with E-state index in [4.69, 9.17) is 0 Å². The number of rotatable bonds is 4. The number of carbonyl (C=O) groups excluding carboxylic acids is 1. The summed E-state index contributed by atoms with van der Waals surface area (Å²) < 4.78 is 41.9. The zero-order valence-electron chi connectivity index (χ0n) is 13.7. The lowest BCUT2D eigenvalue weighted by molar-refractivity contribution is -0.274. The summed E-state index contributed by atoms with van der Waals surface area (Å²) >= 11 is 0. The van der Waals surface area contributed by atoms with Crippen LogP contribution in [-0.2, 0) is 6.54 Å². The Kier molecular flexibility index (Phi) is 4.70. The fourth-order valence-electron chi connectivity index (χ4n) is 2.37. The first-order chi connectivity index (χ1) is 12.3. The molecule has 26 heavy (non-hydrogen) atoms. The lowest BCUT2D eigenvalue weighted by Gasteiger charge is -2.18. The van der Waals surface area contributed by atoms with Crippen LogP contribution in [0.3, 0.4) is 0 Å². The van der Waals surface area contributed by atoms with Crippen molar-refractivity contribution in [3.63, 3.8) is 0 Å². The number of halogens is 3. The number of anilines is 1. The van der Waals surface area contributed by atoms with Crippen molar-refractivity contribution in [3.05, 3.63) is 60.4 Å². The number of ether oxygens (including phenoxy) is 1. The minimum Gasteiger partial charge on any atom is -0.406 e. The summed E-state index contributed by atoms with van der Waals surface area (Å²) in [5, 5.41) is 6.72. The van der Waals surface area contributed by atoms with Crippen molar-refractivity contribution in [1.29, 1.82) is 0 Å². The van der Waals surface area contributed by atoms with E-state index < -0.39 is 6.36 Å². The highest BCUT2D eigenvalue weighted by Crippen LogP contribution is 2.24. The number of pyridine rings is 1. The number of alkyl halides is 3. The van der Waals surface area contributed by atoms with E-state index in [1.807, 2.05) is 18.2 Å². The molecule has 3 rings (SSSR count). The molecule has 2 aromatic heterocycles. The molecule has 2 amide bonds. The van der Waals surface area contributed by atoms with Gasteiger partial charge in [-0.3, -0.25) is 0 Å². The lowest BCUT2D eigenvalue weighted by Crippen LogP contribution is -2.30. The van der Waals surface area contributed by atoms with Crippen molar-refractivity contribution < 1.29 is 22.7 Å². The van der Waals surface area contributed by atoms with Gasteiger partial charge in [0.15, 0.2) is 0 Å². The highest BCUT2D eigenvalue weighted by Gasteiger charge is 2.30. The van der Waals surface area contributed by atoms with Crippen molar-refractivity contribution in [3.8, 4) is 5.75 Å². The van der Waals surface area contributed by atoms with Gasteiger partial charge in [-0.15, -0.1) is 13.2 Å². The summed E-state index contributed by atoms with van der Waals surface area (Å²) in [7, 11) is 1.62. The third-order valence-electron chi connectivity index (χ3n) is 3.57. The van der Waals surface area contributed by atoms with Gasteiger partial charge < -0.3 is 15.0 Å². The Morgan fingerprint density at radius 1 is 1.23 bits per heavy atom. The molecule has 0 atom stereocenters. The zero-order chi connectivity index (χ0) is 18.7. The molecule has 0 spiro atoms. The average Bonchev–Trinajstić information content (AvgIpc) is 3.03. The Labute approximate surface area is 146 Å². The fraction of sp³-hybridized carbons (Fsp3) is 0.176. The van der Waals surface area contributed by atoms with Crippen LogP contribution in [0.1, 0.15) is 5.56 Å². The number of benzene rings is 1. The number of urea groups is 1. The standard InChI is InChI=1S/C17H15F3N4O2/c1-23(11-12-7-9-24-14(10-12)6-8-21-24)16(25)22-13-2-4-15(5-3-13)26-17(18,19)20/h2-10H,11H2,1H3,(H,22,25). The molecule has 0 saturated carbocycles. The molecule has 0 aliphatic rings. The molecule has 1 N–H and O–H groups in total. The summed E-state index contributed by atoms with van der Waals surface area (Å²) in [6, 6.07) is 10.2. The largest absolute Gasteiger partial charge is 0.573 e. The number of fused-ring (bicyclic) bond motifs is 1. The molecule has 0 radical (unpaired) electrons. The van der Waals surface area contributed by atoms with Crippen LogP contribution in [0.5, 0.6) is 5.75 Å². The Morgan fingerprint density at radius 3 is 2.65 bits per heavy atom. The van der Waals surface area contributed by atoms with Crippen molar-refractivity contribution in [2.75, 3.05) is 12.4 Å². The van der Waals surface area contributed by atoms with Crippen LogP contribution >= 0.6 is 0 Å². The maximum absolute atomic E-state index is 12.2. The van der Waals surface area contributed by atoms with Crippen molar-refractivity contribution in [2.24, 2.45) is 0 Å². The fourth-order valence-corrected chi connectivity index (χ4v) is 2.37. The Balaban J connectivity index is 1.59. The van der Waals surface area contributed by atoms with Gasteiger partial charge in [0.1, 0.15) is 5.75 Å². The van der Waals surface area contributed by atoms with Crippen LogP contribution in [-0.4, -0.2) is 34.0 Å². The molecular formula is C17H15F3N4O2. The summed E-state index contributed by atoms with van der Waals surface area (Å²) in [6.45, 7) is 0.364. The molecule has 0 saturated heterocycles. The number of aromatic nitrogens is 2. The minimum absolute atomic E-state index is 0.349. The summed E-state index contributed by atoms with van der Waals surface area (Å²) in [4.78, 5) is 13.7. The molecule has 6 nitrogen and oxygen atoms in total. The molecular weight excluding hydrogens is 349 g/mol. The van der Waals surface area contributed by atoms with E-state index in [1.54, 1.807) is 24.0 Å². The SMILES string of the molecule is CN(Cc1ccn2nccc2c1)C(=O)Nc1ccc(OC(F)(F)F)cc1. The van der Waals surface area contributed by atoms with Gasteiger partial charge in [-0.25, -0.2) is 9.31 Å². The predicted octanol–water partition coefficient (Wildman–Crippen LogP) is 3.90. The van der Waals surface area contributed by atoms with Gasteiger partial charge in [0, 0.05) is 31.7 Å². The monoisotopic (exact) mass is 364 g/mol. The predicted molar refractivity (Wildman–Crippen MR) is 88.8 cm³/mol. The molecule has 0 bridgehead atoms. The van der Waals surface area contributed by atoms with Crippen molar-refractivity contribution in [2.45, 2.75) is 12.9 Å². The average molecular weight is 364 g/mol.